The molecule has 0 saturated carbocycles. The van der Waals surface area contributed by atoms with Crippen LogP contribution < -0.4 is 16.6 Å². The molecule has 0 fully saturated rings. The summed E-state index contributed by atoms with van der Waals surface area (Å²) in [5.41, 5.74) is 0.378. The van der Waals surface area contributed by atoms with Crippen LogP contribution in [0.15, 0.2) is 33.9 Å². The highest BCUT2D eigenvalue weighted by molar-refractivity contribution is 6.29. The molecule has 1 atom stereocenters. The van der Waals surface area contributed by atoms with Crippen LogP contribution in [0.4, 0.5) is 0 Å². The zero-order valence-corrected chi connectivity index (χ0v) is 17.1. The molecule has 3 aromatic rings. The van der Waals surface area contributed by atoms with E-state index >= 15 is 0 Å². The van der Waals surface area contributed by atoms with Crippen LogP contribution in [-0.4, -0.2) is 30.4 Å². The third kappa shape index (κ3) is 3.73. The van der Waals surface area contributed by atoms with E-state index in [0.717, 1.165) is 10.1 Å². The molecule has 0 aliphatic heterocycles. The lowest BCUT2D eigenvalue weighted by molar-refractivity contribution is -0.119. The first kappa shape index (κ1) is 20.5. The van der Waals surface area contributed by atoms with E-state index in [0.29, 0.717) is 5.56 Å². The number of aryl methyl sites for hydroxylation is 1. The average Bonchev–Trinajstić information content (AvgIpc) is 3.00. The number of Topliss-reactive ketones (excluding diaryl/α,β-unsaturated/α-hetero) is 1. The standard InChI is InChI=1S/C19H20ClN5O4/c1-10(21-11(2)26)12-5-7-13(8-6-12)14(27)9-25-15-16(22-18(25)20)23(3)19(29)24(4)17(15)28/h5-8,10H,9H2,1-4H3,(H,21,26). The minimum atomic E-state index is -0.574. The number of carbonyl (C=O) groups is 2. The summed E-state index contributed by atoms with van der Waals surface area (Å²) >= 11 is 6.16. The Morgan fingerprint density at radius 1 is 1.14 bits per heavy atom. The van der Waals surface area contributed by atoms with Crippen LogP contribution in [-0.2, 0) is 25.4 Å². The maximum Gasteiger partial charge on any atom is 0.332 e. The molecule has 9 nitrogen and oxygen atoms in total. The van der Waals surface area contributed by atoms with Crippen molar-refractivity contribution in [1.82, 2.24) is 24.0 Å². The number of rotatable bonds is 5. The predicted octanol–water partition coefficient (Wildman–Crippen LogP) is 1.17. The molecule has 29 heavy (non-hydrogen) atoms. The van der Waals surface area contributed by atoms with Crippen molar-refractivity contribution in [3.8, 4) is 0 Å². The van der Waals surface area contributed by atoms with Gasteiger partial charge in [0.25, 0.3) is 5.56 Å². The Labute approximate surface area is 170 Å². The van der Waals surface area contributed by atoms with Crippen molar-refractivity contribution < 1.29 is 9.59 Å². The minimum absolute atomic E-state index is 0.0532. The van der Waals surface area contributed by atoms with Gasteiger partial charge in [-0.1, -0.05) is 24.3 Å². The van der Waals surface area contributed by atoms with Crippen LogP contribution in [0.25, 0.3) is 11.2 Å². The molecule has 0 radical (unpaired) electrons. The Kier molecular flexibility index (Phi) is 5.43. The summed E-state index contributed by atoms with van der Waals surface area (Å²) in [6.45, 7) is 3.08. The van der Waals surface area contributed by atoms with E-state index in [1.807, 2.05) is 6.92 Å². The second-order valence-corrected chi connectivity index (χ2v) is 7.15. The van der Waals surface area contributed by atoms with Crippen molar-refractivity contribution in [3.05, 3.63) is 61.5 Å². The highest BCUT2D eigenvalue weighted by Gasteiger charge is 2.20. The maximum atomic E-state index is 12.8. The quantitative estimate of drug-likeness (QED) is 0.495. The molecule has 1 N–H and O–H groups in total. The minimum Gasteiger partial charge on any atom is -0.350 e. The van der Waals surface area contributed by atoms with Crippen molar-refractivity contribution >= 4 is 34.5 Å². The van der Waals surface area contributed by atoms with E-state index in [9.17, 15) is 19.2 Å². The molecular formula is C19H20ClN5O4. The number of nitrogens with one attached hydrogen (secondary N) is 1. The van der Waals surface area contributed by atoms with Crippen LogP contribution >= 0.6 is 11.6 Å². The van der Waals surface area contributed by atoms with Gasteiger partial charge in [0.05, 0.1) is 12.6 Å². The second-order valence-electron chi connectivity index (χ2n) is 6.81. The van der Waals surface area contributed by atoms with Gasteiger partial charge in [-0.15, -0.1) is 0 Å². The van der Waals surface area contributed by atoms with Gasteiger partial charge in [-0.2, -0.15) is 4.98 Å². The van der Waals surface area contributed by atoms with Crippen LogP contribution in [0.1, 0.15) is 35.8 Å². The van der Waals surface area contributed by atoms with Crippen LogP contribution in [0.2, 0.25) is 5.28 Å². The number of hydrogen-bond donors (Lipinski definition) is 1. The number of fused-ring (bicyclic) bond motifs is 1. The van der Waals surface area contributed by atoms with E-state index in [2.05, 4.69) is 10.3 Å². The smallest absolute Gasteiger partial charge is 0.332 e. The number of aromatic nitrogens is 4. The number of nitrogens with zero attached hydrogens (tertiary/aromatic N) is 4. The molecule has 0 aliphatic rings. The number of hydrogen-bond acceptors (Lipinski definition) is 5. The van der Waals surface area contributed by atoms with E-state index in [4.69, 9.17) is 11.6 Å². The van der Waals surface area contributed by atoms with Gasteiger partial charge in [-0.3, -0.25) is 23.5 Å². The fraction of sp³-hybridized carbons (Fsp3) is 0.316. The Bertz CT molecular complexity index is 1240. The third-order valence-corrected chi connectivity index (χ3v) is 5.04. The summed E-state index contributed by atoms with van der Waals surface area (Å²) < 4.78 is 3.45. The first-order valence-corrected chi connectivity index (χ1v) is 9.21. The van der Waals surface area contributed by atoms with Crippen molar-refractivity contribution in [2.75, 3.05) is 0 Å². The van der Waals surface area contributed by atoms with Crippen LogP contribution in [0.3, 0.4) is 0 Å². The summed E-state index contributed by atoms with van der Waals surface area (Å²) in [5.74, 6) is -0.420. The molecule has 2 heterocycles. The number of benzene rings is 1. The number of ketones is 1. The summed E-state index contributed by atoms with van der Waals surface area (Å²) in [7, 11) is 2.83. The number of amides is 1. The van der Waals surface area contributed by atoms with E-state index in [1.165, 1.54) is 30.2 Å². The van der Waals surface area contributed by atoms with Gasteiger partial charge in [0.1, 0.15) is 0 Å². The van der Waals surface area contributed by atoms with Crippen molar-refractivity contribution in [3.63, 3.8) is 0 Å². The molecule has 1 amide bonds. The van der Waals surface area contributed by atoms with Crippen LogP contribution in [0, 0.1) is 0 Å². The van der Waals surface area contributed by atoms with Crippen molar-refractivity contribution in [2.24, 2.45) is 14.1 Å². The molecule has 3 rings (SSSR count). The highest BCUT2D eigenvalue weighted by atomic mass is 35.5. The highest BCUT2D eigenvalue weighted by Crippen LogP contribution is 2.18. The van der Waals surface area contributed by atoms with E-state index in [1.54, 1.807) is 24.3 Å². The van der Waals surface area contributed by atoms with E-state index < -0.39 is 11.2 Å². The number of carbonyl (C=O) groups excluding carboxylic acids is 2. The van der Waals surface area contributed by atoms with Gasteiger partial charge in [0.2, 0.25) is 11.2 Å². The fourth-order valence-electron chi connectivity index (χ4n) is 3.15. The maximum absolute atomic E-state index is 12.8. The largest absolute Gasteiger partial charge is 0.350 e. The Morgan fingerprint density at radius 3 is 2.34 bits per heavy atom. The molecule has 1 unspecified atom stereocenters. The molecule has 0 bridgehead atoms. The molecular weight excluding hydrogens is 398 g/mol. The number of halogens is 1. The Hall–Kier alpha value is -3.20. The van der Waals surface area contributed by atoms with Crippen LogP contribution in [0.5, 0.6) is 0 Å². The SMILES string of the molecule is CC(=O)NC(C)c1ccc(C(=O)Cn2c(Cl)nc3c2c(=O)n(C)c(=O)n3C)cc1. The topological polar surface area (TPSA) is 108 Å². The molecule has 0 aliphatic carbocycles. The number of imidazole rings is 1. The Morgan fingerprint density at radius 2 is 1.76 bits per heavy atom. The molecule has 2 aromatic heterocycles. The molecule has 1 aromatic carbocycles. The second kappa shape index (κ2) is 7.67. The van der Waals surface area contributed by atoms with Gasteiger partial charge >= 0.3 is 5.69 Å². The molecule has 0 saturated heterocycles. The Balaban J connectivity index is 1.95. The molecule has 152 valence electrons. The van der Waals surface area contributed by atoms with Gasteiger partial charge in [-0.05, 0) is 24.1 Å². The lowest BCUT2D eigenvalue weighted by Gasteiger charge is -2.13. The lowest BCUT2D eigenvalue weighted by atomic mass is 10.0. The average molecular weight is 418 g/mol. The summed E-state index contributed by atoms with van der Waals surface area (Å²) in [6, 6.07) is 6.62. The van der Waals surface area contributed by atoms with Gasteiger partial charge in [-0.25, -0.2) is 4.79 Å². The lowest BCUT2D eigenvalue weighted by Crippen LogP contribution is -2.37. The van der Waals surface area contributed by atoms with Gasteiger partial charge in [0.15, 0.2) is 16.9 Å². The fourth-order valence-corrected chi connectivity index (χ4v) is 3.37. The summed E-state index contributed by atoms with van der Waals surface area (Å²) in [6.07, 6.45) is 0. The monoisotopic (exact) mass is 417 g/mol. The zero-order valence-electron chi connectivity index (χ0n) is 16.4. The first-order chi connectivity index (χ1) is 13.6. The normalized spacial score (nSPS) is 12.2. The van der Waals surface area contributed by atoms with Gasteiger partial charge in [0, 0.05) is 26.6 Å². The summed E-state index contributed by atoms with van der Waals surface area (Å²) in [5, 5.41) is 2.72. The van der Waals surface area contributed by atoms with Crippen molar-refractivity contribution in [1.29, 1.82) is 0 Å². The molecule has 0 spiro atoms. The third-order valence-electron chi connectivity index (χ3n) is 4.76. The summed E-state index contributed by atoms with van der Waals surface area (Å²) in [4.78, 5) is 52.6. The van der Waals surface area contributed by atoms with Crippen molar-refractivity contribution in [2.45, 2.75) is 26.4 Å². The van der Waals surface area contributed by atoms with Gasteiger partial charge < -0.3 is 9.88 Å². The first-order valence-electron chi connectivity index (χ1n) is 8.83. The predicted molar refractivity (Wildman–Crippen MR) is 108 cm³/mol. The zero-order chi connectivity index (χ0) is 21.5. The van der Waals surface area contributed by atoms with E-state index in [-0.39, 0.29) is 40.7 Å². The molecule has 10 heteroatoms.